The number of ketones is 1. The van der Waals surface area contributed by atoms with E-state index in [2.05, 4.69) is 11.2 Å². The Kier molecular flexibility index (Phi) is 6.63. The summed E-state index contributed by atoms with van der Waals surface area (Å²) in [5.41, 5.74) is 0.170. The van der Waals surface area contributed by atoms with Crippen molar-refractivity contribution in [3.63, 3.8) is 0 Å². The number of rotatable bonds is 6. The molecule has 0 aliphatic carbocycles. The molecular formula is C23H21ClN2O5S. The molecule has 4 rings (SSSR count). The highest BCUT2D eigenvalue weighted by Crippen LogP contribution is 2.30. The molecule has 1 atom stereocenters. The number of hydrogen-bond acceptors (Lipinski definition) is 6. The number of hydrogen-bond donors (Lipinski definition) is 1. The van der Waals surface area contributed by atoms with E-state index < -0.39 is 5.54 Å². The Bertz CT molecular complexity index is 1100. The summed E-state index contributed by atoms with van der Waals surface area (Å²) in [6.07, 6.45) is 5.84. The van der Waals surface area contributed by atoms with Gasteiger partial charge in [0, 0.05) is 26.0 Å². The number of halogens is 1. The number of thiophene rings is 1. The first-order valence-electron chi connectivity index (χ1n) is 10.1. The second kappa shape index (κ2) is 9.43. The van der Waals surface area contributed by atoms with Gasteiger partial charge >= 0.3 is 0 Å². The minimum absolute atomic E-state index is 0.0197. The van der Waals surface area contributed by atoms with E-state index in [0.29, 0.717) is 52.2 Å². The van der Waals surface area contributed by atoms with Gasteiger partial charge in [-0.2, -0.15) is 0 Å². The topological polar surface area (TPSA) is 84.9 Å². The van der Waals surface area contributed by atoms with Gasteiger partial charge < -0.3 is 19.7 Å². The second-order valence-electron chi connectivity index (χ2n) is 7.63. The molecular weight excluding hydrogens is 452 g/mol. The molecule has 166 valence electrons. The Hall–Kier alpha value is -2.70. The van der Waals surface area contributed by atoms with Crippen LogP contribution in [-0.4, -0.2) is 56.1 Å². The molecule has 32 heavy (non-hydrogen) atoms. The predicted octanol–water partition coefficient (Wildman–Crippen LogP) is 2.45. The molecule has 2 amide bonds. The van der Waals surface area contributed by atoms with Gasteiger partial charge in [-0.05, 0) is 29.8 Å². The molecule has 0 bridgehead atoms. The Morgan fingerprint density at radius 3 is 2.75 bits per heavy atom. The average molecular weight is 473 g/mol. The average Bonchev–Trinajstić information content (AvgIpc) is 3.45. The summed E-state index contributed by atoms with van der Waals surface area (Å²) >= 11 is 7.63. The van der Waals surface area contributed by atoms with Crippen molar-refractivity contribution in [2.24, 2.45) is 0 Å². The van der Waals surface area contributed by atoms with Crippen molar-refractivity contribution in [2.75, 3.05) is 37.9 Å². The number of terminal acetylenes is 1. The maximum Gasteiger partial charge on any atom is 0.262 e. The first-order valence-corrected chi connectivity index (χ1v) is 11.3. The zero-order valence-corrected chi connectivity index (χ0v) is 18.8. The van der Waals surface area contributed by atoms with Crippen molar-refractivity contribution in [3.05, 3.63) is 50.7 Å². The Labute approximate surface area is 194 Å². The Balaban J connectivity index is 1.49. The molecule has 0 spiro atoms. The van der Waals surface area contributed by atoms with Crippen LogP contribution in [0.2, 0.25) is 5.02 Å². The summed E-state index contributed by atoms with van der Waals surface area (Å²) in [6, 6.07) is 8.53. The predicted molar refractivity (Wildman–Crippen MR) is 121 cm³/mol. The third kappa shape index (κ3) is 4.57. The van der Waals surface area contributed by atoms with Crippen LogP contribution < -0.4 is 10.2 Å². The minimum atomic E-state index is -1.11. The largest absolute Gasteiger partial charge is 0.378 e. The van der Waals surface area contributed by atoms with E-state index in [-0.39, 0.29) is 37.2 Å². The molecule has 7 nitrogen and oxygen atoms in total. The van der Waals surface area contributed by atoms with Gasteiger partial charge in [0.2, 0.25) is 0 Å². The van der Waals surface area contributed by atoms with Crippen LogP contribution in [0.25, 0.3) is 0 Å². The van der Waals surface area contributed by atoms with Crippen molar-refractivity contribution in [1.82, 2.24) is 5.32 Å². The molecule has 1 N–H and O–H groups in total. The summed E-state index contributed by atoms with van der Waals surface area (Å²) in [7, 11) is 0. The number of ether oxygens (including phenoxy) is 2. The summed E-state index contributed by atoms with van der Waals surface area (Å²) in [6.45, 7) is 1.38. The van der Waals surface area contributed by atoms with E-state index in [9.17, 15) is 14.4 Å². The maximum absolute atomic E-state index is 13.3. The lowest BCUT2D eigenvalue weighted by molar-refractivity contribution is -0.126. The number of carbonyl (C=O) groups excluding carboxylic acids is 3. The number of amides is 2. The molecule has 0 radical (unpaired) electrons. The highest BCUT2D eigenvalue weighted by molar-refractivity contribution is 7.14. The Morgan fingerprint density at radius 2 is 2.09 bits per heavy atom. The smallest absolute Gasteiger partial charge is 0.262 e. The number of benzene rings is 1. The van der Waals surface area contributed by atoms with E-state index in [4.69, 9.17) is 27.5 Å². The van der Waals surface area contributed by atoms with E-state index in [1.807, 2.05) is 0 Å². The fraction of sp³-hybridized carbons (Fsp3) is 0.348. The van der Waals surface area contributed by atoms with Crippen LogP contribution in [0.3, 0.4) is 0 Å². The first kappa shape index (κ1) is 22.5. The van der Waals surface area contributed by atoms with Crippen molar-refractivity contribution >= 4 is 46.2 Å². The molecule has 2 saturated heterocycles. The number of morpholine rings is 1. The zero-order valence-electron chi connectivity index (χ0n) is 17.2. The van der Waals surface area contributed by atoms with Crippen LogP contribution in [0.1, 0.15) is 26.5 Å². The summed E-state index contributed by atoms with van der Waals surface area (Å²) < 4.78 is 10.6. The number of Topliss-reactive ketones (excluding diaryl/α,β-unsaturated/α-hetero) is 1. The molecule has 0 unspecified atom stereocenters. The van der Waals surface area contributed by atoms with Crippen LogP contribution in [0.5, 0.6) is 0 Å². The van der Waals surface area contributed by atoms with E-state index in [0.717, 1.165) is 0 Å². The van der Waals surface area contributed by atoms with Crippen molar-refractivity contribution in [1.29, 1.82) is 0 Å². The van der Waals surface area contributed by atoms with E-state index >= 15 is 0 Å². The fourth-order valence-corrected chi connectivity index (χ4v) is 4.79. The van der Waals surface area contributed by atoms with Crippen LogP contribution in [0.4, 0.5) is 5.69 Å². The number of nitrogens with one attached hydrogen (secondary N) is 1. The van der Waals surface area contributed by atoms with Gasteiger partial charge in [0.25, 0.3) is 11.8 Å². The number of anilines is 1. The van der Waals surface area contributed by atoms with Crippen LogP contribution in [0, 0.1) is 12.3 Å². The number of nitrogens with zero attached hydrogens (tertiary/aromatic N) is 1. The Morgan fingerprint density at radius 1 is 1.25 bits per heavy atom. The third-order valence-corrected chi connectivity index (χ3v) is 6.85. The highest BCUT2D eigenvalue weighted by Gasteiger charge is 2.43. The summed E-state index contributed by atoms with van der Waals surface area (Å²) in [5, 5.41) is 3.26. The molecule has 1 aromatic carbocycles. The molecule has 0 saturated carbocycles. The van der Waals surface area contributed by atoms with E-state index in [1.165, 1.54) is 11.3 Å². The van der Waals surface area contributed by atoms with Gasteiger partial charge in [-0.3, -0.25) is 14.4 Å². The monoisotopic (exact) mass is 472 g/mol. The van der Waals surface area contributed by atoms with Crippen molar-refractivity contribution in [2.45, 2.75) is 18.4 Å². The van der Waals surface area contributed by atoms with Crippen molar-refractivity contribution in [3.8, 4) is 12.3 Å². The van der Waals surface area contributed by atoms with Gasteiger partial charge in [0.05, 0.1) is 33.7 Å². The minimum Gasteiger partial charge on any atom is -0.378 e. The molecule has 3 heterocycles. The van der Waals surface area contributed by atoms with Crippen molar-refractivity contribution < 1.29 is 23.9 Å². The zero-order chi connectivity index (χ0) is 22.7. The summed E-state index contributed by atoms with van der Waals surface area (Å²) in [4.78, 5) is 40.8. The maximum atomic E-state index is 13.3. The molecule has 2 aliphatic heterocycles. The fourth-order valence-electron chi connectivity index (χ4n) is 3.78. The highest BCUT2D eigenvalue weighted by atomic mass is 35.5. The van der Waals surface area contributed by atoms with Gasteiger partial charge in [0.1, 0.15) is 12.1 Å². The number of carbonyl (C=O) groups is 3. The summed E-state index contributed by atoms with van der Waals surface area (Å²) in [5.74, 6) is 1.83. The second-order valence-corrected chi connectivity index (χ2v) is 9.12. The van der Waals surface area contributed by atoms with E-state index in [1.54, 1.807) is 35.2 Å². The first-order chi connectivity index (χ1) is 15.4. The quantitative estimate of drug-likeness (QED) is 0.653. The standard InChI is InChI=1S/C23H21ClN2O5S/c1-2-16-4-6-19(32-16)22(29)25-23(7-9-31-14-23)20(27)12-15-3-5-18(17(24)11-15)26-8-10-30-13-21(26)28/h1,3-6,11H,7-10,12-14H2,(H,25,29)/t23-/m0/s1. The van der Waals surface area contributed by atoms with Gasteiger partial charge in [0.15, 0.2) is 5.78 Å². The molecule has 2 aromatic rings. The lowest BCUT2D eigenvalue weighted by atomic mass is 9.88. The van der Waals surface area contributed by atoms with Crippen LogP contribution in [-0.2, 0) is 25.5 Å². The lowest BCUT2D eigenvalue weighted by Crippen LogP contribution is -2.55. The van der Waals surface area contributed by atoms with Crippen LogP contribution in [0.15, 0.2) is 30.3 Å². The van der Waals surface area contributed by atoms with Crippen LogP contribution >= 0.6 is 22.9 Å². The SMILES string of the molecule is C#Cc1ccc(C(=O)N[C@@]2(C(=O)Cc3ccc(N4CCOCC4=O)c(Cl)c3)CCOC2)s1. The van der Waals surface area contributed by atoms with Gasteiger partial charge in [-0.25, -0.2) is 0 Å². The molecule has 2 fully saturated rings. The normalized spacial score (nSPS) is 20.8. The van der Waals surface area contributed by atoms with Gasteiger partial charge in [-0.1, -0.05) is 23.6 Å². The van der Waals surface area contributed by atoms with Gasteiger partial charge in [-0.15, -0.1) is 17.8 Å². The molecule has 2 aliphatic rings. The third-order valence-electron chi connectivity index (χ3n) is 5.53. The molecule has 9 heteroatoms. The lowest BCUT2D eigenvalue weighted by Gasteiger charge is -2.28. The molecule has 1 aromatic heterocycles.